The quantitative estimate of drug-likeness (QED) is 0.882. The molecular formula is C11H11ClFN3O. The Bertz CT molecular complexity index is 503. The Balaban J connectivity index is 2.49. The van der Waals surface area contributed by atoms with Gasteiger partial charge in [-0.3, -0.25) is 0 Å². The fourth-order valence-corrected chi connectivity index (χ4v) is 2.06. The molecule has 0 saturated heterocycles. The number of amidine groups is 1. The van der Waals surface area contributed by atoms with Crippen LogP contribution in [-0.4, -0.2) is 23.3 Å². The van der Waals surface area contributed by atoms with E-state index in [0.717, 1.165) is 0 Å². The maximum atomic E-state index is 13.9. The average Bonchev–Trinajstić information content (AvgIpc) is 2.57. The predicted octanol–water partition coefficient (Wildman–Crippen LogP) is 2.33. The molecule has 1 aromatic carbocycles. The van der Waals surface area contributed by atoms with E-state index in [-0.39, 0.29) is 16.4 Å². The fraction of sp³-hybridized carbons (Fsp3) is 0.273. The number of carbonyl (C=O) groups excluding carboxylic acids is 1. The van der Waals surface area contributed by atoms with Gasteiger partial charge in [-0.2, -0.15) is 4.99 Å². The lowest BCUT2D eigenvalue weighted by Crippen LogP contribution is -2.33. The number of aliphatic imine (C=N–C) groups is 1. The molecule has 1 aromatic rings. The summed E-state index contributed by atoms with van der Waals surface area (Å²) in [4.78, 5) is 16.5. The van der Waals surface area contributed by atoms with Gasteiger partial charge in [-0.15, -0.1) is 0 Å². The molecule has 4 nitrogen and oxygen atoms in total. The van der Waals surface area contributed by atoms with Crippen LogP contribution in [0.15, 0.2) is 23.2 Å². The summed E-state index contributed by atoms with van der Waals surface area (Å²) >= 11 is 5.71. The zero-order chi connectivity index (χ0) is 12.6. The van der Waals surface area contributed by atoms with Crippen LogP contribution in [0.5, 0.6) is 0 Å². The third kappa shape index (κ3) is 1.86. The number of nitrogens with zero attached hydrogens (tertiary/aromatic N) is 2. The summed E-state index contributed by atoms with van der Waals surface area (Å²) < 4.78 is 13.9. The minimum Gasteiger partial charge on any atom is -0.385 e. The van der Waals surface area contributed by atoms with Gasteiger partial charge in [0, 0.05) is 12.1 Å². The molecule has 1 atom stereocenters. The van der Waals surface area contributed by atoms with Crippen LogP contribution in [0.4, 0.5) is 9.18 Å². The summed E-state index contributed by atoms with van der Waals surface area (Å²) in [6.45, 7) is 2.18. The van der Waals surface area contributed by atoms with E-state index in [0.29, 0.717) is 6.54 Å². The largest absolute Gasteiger partial charge is 0.385 e. The number of hydrogen-bond donors (Lipinski definition) is 1. The zero-order valence-corrected chi connectivity index (χ0v) is 9.91. The van der Waals surface area contributed by atoms with Crippen molar-refractivity contribution in [2.24, 2.45) is 10.7 Å². The molecule has 2 N–H and O–H groups in total. The first-order valence-corrected chi connectivity index (χ1v) is 5.52. The van der Waals surface area contributed by atoms with Gasteiger partial charge >= 0.3 is 6.03 Å². The van der Waals surface area contributed by atoms with Crippen LogP contribution in [0.1, 0.15) is 18.5 Å². The van der Waals surface area contributed by atoms with E-state index in [4.69, 9.17) is 17.3 Å². The molecule has 0 spiro atoms. The van der Waals surface area contributed by atoms with Crippen LogP contribution >= 0.6 is 11.6 Å². The van der Waals surface area contributed by atoms with E-state index in [9.17, 15) is 9.18 Å². The van der Waals surface area contributed by atoms with Crippen LogP contribution < -0.4 is 5.73 Å². The zero-order valence-electron chi connectivity index (χ0n) is 9.15. The Labute approximate surface area is 103 Å². The number of benzene rings is 1. The Morgan fingerprint density at radius 1 is 1.59 bits per heavy atom. The molecule has 1 heterocycles. The van der Waals surface area contributed by atoms with Gasteiger partial charge in [-0.05, 0) is 13.0 Å². The summed E-state index contributed by atoms with van der Waals surface area (Å²) in [5.74, 6) is -0.469. The van der Waals surface area contributed by atoms with Crippen LogP contribution in [0.2, 0.25) is 5.02 Å². The second kappa shape index (κ2) is 4.33. The van der Waals surface area contributed by atoms with Crippen LogP contribution in [-0.2, 0) is 0 Å². The number of likely N-dealkylation sites (N-methyl/N-ethyl adjacent to an activating group) is 1. The van der Waals surface area contributed by atoms with Crippen molar-refractivity contribution in [3.8, 4) is 0 Å². The number of rotatable bonds is 2. The van der Waals surface area contributed by atoms with Gasteiger partial charge in [0.2, 0.25) is 0 Å². The van der Waals surface area contributed by atoms with Gasteiger partial charge in [0.15, 0.2) is 0 Å². The van der Waals surface area contributed by atoms with Gasteiger partial charge in [-0.25, -0.2) is 9.18 Å². The number of carbonyl (C=O) groups is 1. The Kier molecular flexibility index (Phi) is 3.02. The Morgan fingerprint density at radius 2 is 2.29 bits per heavy atom. The van der Waals surface area contributed by atoms with Crippen LogP contribution in [0, 0.1) is 5.82 Å². The van der Waals surface area contributed by atoms with E-state index >= 15 is 0 Å². The number of amides is 2. The number of urea groups is 1. The highest BCUT2D eigenvalue weighted by atomic mass is 35.5. The third-order valence-electron chi connectivity index (χ3n) is 2.68. The highest BCUT2D eigenvalue weighted by Gasteiger charge is 2.35. The minimum atomic E-state index is -0.661. The van der Waals surface area contributed by atoms with Crippen LogP contribution in [0.3, 0.4) is 0 Å². The normalized spacial score (nSPS) is 19.7. The second-order valence-corrected chi connectivity index (χ2v) is 4.06. The molecule has 90 valence electrons. The van der Waals surface area contributed by atoms with E-state index < -0.39 is 17.9 Å². The number of hydrogen-bond acceptors (Lipinski definition) is 2. The van der Waals surface area contributed by atoms with Crippen molar-refractivity contribution in [2.45, 2.75) is 13.0 Å². The lowest BCUT2D eigenvalue weighted by atomic mass is 10.0. The second-order valence-electron chi connectivity index (χ2n) is 3.65. The van der Waals surface area contributed by atoms with Crippen molar-refractivity contribution >= 4 is 23.5 Å². The SMILES string of the molecule is CCN1C(=O)N=C(N)C1c1cccc(Cl)c1F. The number of halogens is 2. The molecule has 2 rings (SSSR count). The van der Waals surface area contributed by atoms with Crippen molar-refractivity contribution in [2.75, 3.05) is 6.54 Å². The molecule has 0 fully saturated rings. The molecule has 0 aliphatic carbocycles. The van der Waals surface area contributed by atoms with Crippen molar-refractivity contribution in [3.05, 3.63) is 34.6 Å². The third-order valence-corrected chi connectivity index (χ3v) is 2.97. The number of nitrogens with two attached hydrogens (primary N) is 1. The van der Waals surface area contributed by atoms with Gasteiger partial charge in [0.05, 0.1) is 5.02 Å². The van der Waals surface area contributed by atoms with Gasteiger partial charge < -0.3 is 10.6 Å². The Morgan fingerprint density at radius 3 is 2.94 bits per heavy atom. The van der Waals surface area contributed by atoms with Crippen molar-refractivity contribution < 1.29 is 9.18 Å². The van der Waals surface area contributed by atoms with Crippen LogP contribution in [0.25, 0.3) is 0 Å². The van der Waals surface area contributed by atoms with E-state index in [1.165, 1.54) is 11.0 Å². The molecule has 6 heteroatoms. The molecule has 1 unspecified atom stereocenters. The average molecular weight is 256 g/mol. The molecule has 1 aliphatic heterocycles. The van der Waals surface area contributed by atoms with Gasteiger partial charge in [-0.1, -0.05) is 23.7 Å². The maximum Gasteiger partial charge on any atom is 0.346 e. The van der Waals surface area contributed by atoms with Crippen molar-refractivity contribution in [1.29, 1.82) is 0 Å². The lowest BCUT2D eigenvalue weighted by Gasteiger charge is -2.23. The summed E-state index contributed by atoms with van der Waals surface area (Å²) in [5.41, 5.74) is 5.93. The molecule has 1 aliphatic rings. The highest BCUT2D eigenvalue weighted by Crippen LogP contribution is 2.30. The minimum absolute atomic E-state index is 0.00528. The first-order chi connectivity index (χ1) is 8.06. The summed E-state index contributed by atoms with van der Waals surface area (Å²) in [5, 5.41) is 0.00528. The lowest BCUT2D eigenvalue weighted by molar-refractivity contribution is 0.209. The molecule has 2 amide bonds. The first kappa shape index (κ1) is 11.9. The first-order valence-electron chi connectivity index (χ1n) is 5.14. The summed E-state index contributed by atoms with van der Waals surface area (Å²) in [6, 6.07) is 3.50. The molecule has 0 bridgehead atoms. The van der Waals surface area contributed by atoms with E-state index in [1.807, 2.05) is 0 Å². The monoisotopic (exact) mass is 255 g/mol. The molecule has 0 radical (unpaired) electrons. The predicted molar refractivity (Wildman–Crippen MR) is 63.5 cm³/mol. The Hall–Kier alpha value is -1.62. The molecule has 0 saturated carbocycles. The molecular weight excluding hydrogens is 245 g/mol. The van der Waals surface area contributed by atoms with Gasteiger partial charge in [0.25, 0.3) is 0 Å². The maximum absolute atomic E-state index is 13.9. The highest BCUT2D eigenvalue weighted by molar-refractivity contribution is 6.30. The van der Waals surface area contributed by atoms with Crippen molar-refractivity contribution in [1.82, 2.24) is 4.90 Å². The fourth-order valence-electron chi connectivity index (χ4n) is 1.88. The van der Waals surface area contributed by atoms with E-state index in [2.05, 4.69) is 4.99 Å². The summed E-state index contributed by atoms with van der Waals surface area (Å²) in [6.07, 6.45) is 0. The standard InChI is InChI=1S/C11H11ClFN3O/c1-2-16-9(10(14)15-11(16)17)6-4-3-5-7(12)8(6)13/h3-5,9H,2H2,1H3,(H2,14,15,17). The van der Waals surface area contributed by atoms with Crippen molar-refractivity contribution in [3.63, 3.8) is 0 Å². The topological polar surface area (TPSA) is 58.7 Å². The smallest absolute Gasteiger partial charge is 0.346 e. The molecule has 17 heavy (non-hydrogen) atoms. The summed E-state index contributed by atoms with van der Waals surface area (Å²) in [7, 11) is 0. The molecule has 0 aromatic heterocycles. The van der Waals surface area contributed by atoms with Gasteiger partial charge in [0.1, 0.15) is 17.7 Å². The van der Waals surface area contributed by atoms with E-state index in [1.54, 1.807) is 19.1 Å².